The Balaban J connectivity index is 1.87. The number of esters is 1. The van der Waals surface area contributed by atoms with E-state index in [0.717, 1.165) is 0 Å². The molecule has 1 heterocycles. The number of benzene rings is 1. The molecule has 7 heteroatoms. The van der Waals surface area contributed by atoms with Crippen LogP contribution in [0, 0.1) is 0 Å². The lowest BCUT2D eigenvalue weighted by Gasteiger charge is -2.06. The molecular formula is C15H11ClN2O4. The summed E-state index contributed by atoms with van der Waals surface area (Å²) in [5.41, 5.74) is 0.379. The Morgan fingerprint density at radius 1 is 1.09 bits per heavy atom. The first-order valence-corrected chi connectivity index (χ1v) is 6.62. The minimum absolute atomic E-state index is 0.0201. The van der Waals surface area contributed by atoms with Crippen LogP contribution in [-0.4, -0.2) is 29.4 Å². The summed E-state index contributed by atoms with van der Waals surface area (Å²) in [6.07, 6.45) is 1.42. The number of nitrogens with zero attached hydrogens (tertiary/aromatic N) is 1. The molecule has 2 aromatic rings. The van der Waals surface area contributed by atoms with Gasteiger partial charge in [-0.15, -0.1) is 0 Å². The van der Waals surface area contributed by atoms with E-state index in [0.29, 0.717) is 5.56 Å². The maximum Gasteiger partial charge on any atom is 0.341 e. The highest BCUT2D eigenvalue weighted by molar-refractivity contribution is 6.32. The average Bonchev–Trinajstić information content (AvgIpc) is 2.54. The fraction of sp³-hybridized carbons (Fsp3) is 0.0667. The molecule has 1 N–H and O–H groups in total. The maximum absolute atomic E-state index is 11.7. The highest BCUT2D eigenvalue weighted by Crippen LogP contribution is 2.12. The van der Waals surface area contributed by atoms with E-state index in [-0.39, 0.29) is 10.7 Å². The molecule has 0 atom stereocenters. The van der Waals surface area contributed by atoms with Crippen LogP contribution in [0.4, 0.5) is 0 Å². The van der Waals surface area contributed by atoms with Crippen molar-refractivity contribution in [2.45, 2.75) is 0 Å². The smallest absolute Gasteiger partial charge is 0.341 e. The quantitative estimate of drug-likeness (QED) is 0.687. The minimum Gasteiger partial charge on any atom is -0.452 e. The molecule has 0 aliphatic rings. The summed E-state index contributed by atoms with van der Waals surface area (Å²) in [4.78, 5) is 38.7. The van der Waals surface area contributed by atoms with Gasteiger partial charge in [0, 0.05) is 11.8 Å². The van der Waals surface area contributed by atoms with Crippen molar-refractivity contribution in [1.29, 1.82) is 0 Å². The van der Waals surface area contributed by atoms with Gasteiger partial charge in [-0.3, -0.25) is 14.9 Å². The molecule has 0 aliphatic carbocycles. The third-order valence-electron chi connectivity index (χ3n) is 2.60. The number of rotatable bonds is 4. The zero-order valence-corrected chi connectivity index (χ0v) is 12.0. The number of carbonyl (C=O) groups is 3. The number of amides is 2. The lowest BCUT2D eigenvalue weighted by Crippen LogP contribution is -2.34. The zero-order chi connectivity index (χ0) is 15.9. The molecule has 1 aromatic carbocycles. The Morgan fingerprint density at radius 2 is 1.82 bits per heavy atom. The van der Waals surface area contributed by atoms with Crippen LogP contribution in [0.1, 0.15) is 20.7 Å². The highest BCUT2D eigenvalue weighted by Gasteiger charge is 2.15. The molecule has 22 heavy (non-hydrogen) atoms. The standard InChI is InChI=1S/C15H11ClN2O4/c16-13-11(7-4-8-17-13)15(21)22-9-12(19)18-14(20)10-5-2-1-3-6-10/h1-8H,9H2,(H,18,19,20). The molecule has 2 amide bonds. The fourth-order valence-corrected chi connectivity index (χ4v) is 1.77. The molecule has 6 nitrogen and oxygen atoms in total. The van der Waals surface area contributed by atoms with Crippen molar-refractivity contribution in [2.24, 2.45) is 0 Å². The lowest BCUT2D eigenvalue weighted by molar-refractivity contribution is -0.123. The summed E-state index contributed by atoms with van der Waals surface area (Å²) in [6.45, 7) is -0.595. The molecule has 0 aliphatic heterocycles. The molecule has 0 bridgehead atoms. The average molecular weight is 319 g/mol. The highest BCUT2D eigenvalue weighted by atomic mass is 35.5. The molecule has 0 saturated heterocycles. The number of imide groups is 1. The van der Waals surface area contributed by atoms with Gasteiger partial charge in [0.25, 0.3) is 11.8 Å². The van der Waals surface area contributed by atoms with Gasteiger partial charge in [-0.1, -0.05) is 29.8 Å². The number of hydrogen-bond acceptors (Lipinski definition) is 5. The largest absolute Gasteiger partial charge is 0.452 e. The van der Waals surface area contributed by atoms with Crippen molar-refractivity contribution < 1.29 is 19.1 Å². The molecule has 112 valence electrons. The van der Waals surface area contributed by atoms with Crippen LogP contribution in [0.5, 0.6) is 0 Å². The van der Waals surface area contributed by atoms with Crippen molar-refractivity contribution in [2.75, 3.05) is 6.61 Å². The molecule has 0 spiro atoms. The maximum atomic E-state index is 11.7. The Labute approximate surface area is 131 Å². The number of pyridine rings is 1. The third kappa shape index (κ3) is 4.13. The molecule has 2 rings (SSSR count). The van der Waals surface area contributed by atoms with E-state index >= 15 is 0 Å². The van der Waals surface area contributed by atoms with Gasteiger partial charge in [0.15, 0.2) is 6.61 Å². The van der Waals surface area contributed by atoms with Crippen LogP contribution >= 0.6 is 11.6 Å². The van der Waals surface area contributed by atoms with Crippen molar-refractivity contribution >= 4 is 29.4 Å². The fourth-order valence-electron chi connectivity index (χ4n) is 1.57. The summed E-state index contributed by atoms with van der Waals surface area (Å²) < 4.78 is 4.78. The molecule has 1 aromatic heterocycles. The number of carbonyl (C=O) groups excluding carboxylic acids is 3. The second-order valence-corrected chi connectivity index (χ2v) is 4.52. The van der Waals surface area contributed by atoms with Crippen LogP contribution in [0.3, 0.4) is 0 Å². The number of nitrogens with one attached hydrogen (secondary N) is 1. The van der Waals surface area contributed by atoms with E-state index in [1.807, 2.05) is 0 Å². The van der Waals surface area contributed by atoms with Gasteiger partial charge in [-0.25, -0.2) is 9.78 Å². The van der Waals surface area contributed by atoms with Crippen LogP contribution in [0.15, 0.2) is 48.7 Å². The van der Waals surface area contributed by atoms with E-state index in [4.69, 9.17) is 16.3 Å². The van der Waals surface area contributed by atoms with Gasteiger partial charge in [0.1, 0.15) is 5.15 Å². The van der Waals surface area contributed by atoms with Crippen LogP contribution in [0.2, 0.25) is 5.15 Å². The number of hydrogen-bond donors (Lipinski definition) is 1. The molecular weight excluding hydrogens is 308 g/mol. The van der Waals surface area contributed by atoms with Gasteiger partial charge >= 0.3 is 5.97 Å². The molecule has 0 unspecified atom stereocenters. The van der Waals surface area contributed by atoms with E-state index < -0.39 is 24.4 Å². The van der Waals surface area contributed by atoms with Crippen LogP contribution in [-0.2, 0) is 9.53 Å². The summed E-state index contributed by atoms with van der Waals surface area (Å²) in [7, 11) is 0. The van der Waals surface area contributed by atoms with E-state index in [1.54, 1.807) is 30.3 Å². The molecule has 0 saturated carbocycles. The Kier molecular flexibility index (Phi) is 5.21. The third-order valence-corrected chi connectivity index (χ3v) is 2.90. The first-order chi connectivity index (χ1) is 10.6. The summed E-state index contributed by atoms with van der Waals surface area (Å²) in [5.74, 6) is -2.09. The lowest BCUT2D eigenvalue weighted by atomic mass is 10.2. The van der Waals surface area contributed by atoms with Gasteiger partial charge in [0.2, 0.25) is 0 Å². The number of aromatic nitrogens is 1. The Bertz CT molecular complexity index is 704. The summed E-state index contributed by atoms with van der Waals surface area (Å²) in [5, 5.41) is 2.09. The van der Waals surface area contributed by atoms with E-state index in [9.17, 15) is 14.4 Å². The van der Waals surface area contributed by atoms with Crippen LogP contribution in [0.25, 0.3) is 0 Å². The predicted octanol–water partition coefficient (Wildman–Crippen LogP) is 1.85. The second-order valence-electron chi connectivity index (χ2n) is 4.16. The summed E-state index contributed by atoms with van der Waals surface area (Å²) >= 11 is 5.73. The monoisotopic (exact) mass is 318 g/mol. The topological polar surface area (TPSA) is 85.4 Å². The Morgan fingerprint density at radius 3 is 2.50 bits per heavy atom. The van der Waals surface area contributed by atoms with Gasteiger partial charge in [-0.05, 0) is 24.3 Å². The van der Waals surface area contributed by atoms with Crippen molar-refractivity contribution in [3.63, 3.8) is 0 Å². The Hall–Kier alpha value is -2.73. The van der Waals surface area contributed by atoms with E-state index in [2.05, 4.69) is 10.3 Å². The van der Waals surface area contributed by atoms with Crippen molar-refractivity contribution in [1.82, 2.24) is 10.3 Å². The van der Waals surface area contributed by atoms with E-state index in [1.165, 1.54) is 18.3 Å². The van der Waals surface area contributed by atoms with Gasteiger partial charge < -0.3 is 4.74 Å². The molecule has 0 fully saturated rings. The van der Waals surface area contributed by atoms with Gasteiger partial charge in [0.05, 0.1) is 5.56 Å². The summed E-state index contributed by atoms with van der Waals surface area (Å²) in [6, 6.07) is 11.1. The normalized spacial score (nSPS) is 9.86. The number of ether oxygens (including phenoxy) is 1. The van der Waals surface area contributed by atoms with Crippen molar-refractivity contribution in [3.05, 3.63) is 64.9 Å². The van der Waals surface area contributed by atoms with Crippen molar-refractivity contribution in [3.8, 4) is 0 Å². The zero-order valence-electron chi connectivity index (χ0n) is 11.3. The first kappa shape index (κ1) is 15.7. The SMILES string of the molecule is O=C(COC(=O)c1cccnc1Cl)NC(=O)c1ccccc1. The van der Waals surface area contributed by atoms with Crippen LogP contribution < -0.4 is 5.32 Å². The minimum atomic E-state index is -0.791. The number of halogens is 1. The second kappa shape index (κ2) is 7.33. The molecule has 0 radical (unpaired) electrons. The van der Waals surface area contributed by atoms with Gasteiger partial charge in [-0.2, -0.15) is 0 Å². The first-order valence-electron chi connectivity index (χ1n) is 6.25. The predicted molar refractivity (Wildman–Crippen MR) is 78.4 cm³/mol.